The van der Waals surface area contributed by atoms with Gasteiger partial charge in [-0.3, -0.25) is 19.6 Å². The lowest BCUT2D eigenvalue weighted by molar-refractivity contribution is -0.120. The molecule has 156 valence electrons. The smallest absolute Gasteiger partial charge is 0.291 e. The Kier molecular flexibility index (Phi) is 5.25. The molecule has 0 aliphatic carbocycles. The Bertz CT molecular complexity index is 1090. The number of carbonyl (C=O) groups excluding carboxylic acids is 2. The van der Waals surface area contributed by atoms with E-state index in [4.69, 9.17) is 0 Å². The lowest BCUT2D eigenvalue weighted by atomic mass is 10.1. The summed E-state index contributed by atoms with van der Waals surface area (Å²) in [5.74, 6) is -2.16. The number of likely N-dealkylation sites (N-methyl/N-ethyl adjacent to an activating group) is 1. The molecule has 3 aromatic rings. The summed E-state index contributed by atoms with van der Waals surface area (Å²) in [6, 6.07) is 4.83. The molecule has 11 heteroatoms. The van der Waals surface area contributed by atoms with Crippen LogP contribution in [0.4, 0.5) is 14.6 Å². The van der Waals surface area contributed by atoms with Gasteiger partial charge in [0.25, 0.3) is 5.91 Å². The highest BCUT2D eigenvalue weighted by Gasteiger charge is 2.29. The maximum absolute atomic E-state index is 13.8. The third kappa shape index (κ3) is 3.78. The van der Waals surface area contributed by atoms with Crippen LogP contribution in [0.5, 0.6) is 0 Å². The number of nitrogens with one attached hydrogen (secondary N) is 2. The predicted octanol–water partition coefficient (Wildman–Crippen LogP) is 1.43. The summed E-state index contributed by atoms with van der Waals surface area (Å²) >= 11 is 0. The largest absolute Gasteiger partial charge is 0.337 e. The SMILES string of the molecule is CN1C(=O)C(NC(=O)c2n[nH]c(Cc3cccc(F)c3F)n2)CCCn2nccc21. The topological polar surface area (TPSA) is 109 Å². The molecule has 0 saturated carbocycles. The molecule has 0 bridgehead atoms. The van der Waals surface area contributed by atoms with Crippen molar-refractivity contribution in [3.63, 3.8) is 0 Å². The summed E-state index contributed by atoms with van der Waals surface area (Å²) in [6.07, 6.45) is 2.64. The summed E-state index contributed by atoms with van der Waals surface area (Å²) in [5, 5.41) is 13.2. The highest BCUT2D eigenvalue weighted by molar-refractivity contribution is 6.00. The number of aryl methyl sites for hydroxylation is 1. The summed E-state index contributed by atoms with van der Waals surface area (Å²) < 4.78 is 28.9. The quantitative estimate of drug-likeness (QED) is 0.670. The molecular formula is C19H19F2N7O2. The Morgan fingerprint density at radius 3 is 3.00 bits per heavy atom. The van der Waals surface area contributed by atoms with E-state index in [1.54, 1.807) is 24.0 Å². The number of anilines is 1. The van der Waals surface area contributed by atoms with Gasteiger partial charge in [-0.1, -0.05) is 12.1 Å². The summed E-state index contributed by atoms with van der Waals surface area (Å²) in [4.78, 5) is 30.9. The van der Waals surface area contributed by atoms with Crippen LogP contribution in [0.15, 0.2) is 30.5 Å². The predicted molar refractivity (Wildman–Crippen MR) is 102 cm³/mol. The number of rotatable bonds is 4. The van der Waals surface area contributed by atoms with Crippen LogP contribution in [-0.2, 0) is 17.8 Å². The van der Waals surface area contributed by atoms with E-state index in [0.717, 1.165) is 6.07 Å². The minimum atomic E-state index is -0.970. The molecule has 30 heavy (non-hydrogen) atoms. The van der Waals surface area contributed by atoms with E-state index in [9.17, 15) is 18.4 Å². The Labute approximate surface area is 170 Å². The van der Waals surface area contributed by atoms with Gasteiger partial charge in [0.1, 0.15) is 17.7 Å². The fraction of sp³-hybridized carbons (Fsp3) is 0.316. The first-order valence-corrected chi connectivity index (χ1v) is 9.38. The first kappa shape index (κ1) is 19.7. The number of benzene rings is 1. The van der Waals surface area contributed by atoms with Gasteiger partial charge >= 0.3 is 0 Å². The minimum Gasteiger partial charge on any atom is -0.337 e. The molecule has 1 unspecified atom stereocenters. The molecule has 1 aliphatic rings. The van der Waals surface area contributed by atoms with Crippen molar-refractivity contribution in [2.75, 3.05) is 11.9 Å². The third-order valence-corrected chi connectivity index (χ3v) is 4.96. The molecule has 0 spiro atoms. The molecule has 2 N–H and O–H groups in total. The van der Waals surface area contributed by atoms with E-state index in [1.165, 1.54) is 17.0 Å². The number of carbonyl (C=O) groups is 2. The molecule has 1 aromatic carbocycles. The number of hydrogen-bond acceptors (Lipinski definition) is 5. The van der Waals surface area contributed by atoms with Gasteiger partial charge in [0.15, 0.2) is 11.6 Å². The Morgan fingerprint density at radius 2 is 2.17 bits per heavy atom. The molecule has 2 aromatic heterocycles. The summed E-state index contributed by atoms with van der Waals surface area (Å²) in [6.45, 7) is 0.621. The highest BCUT2D eigenvalue weighted by Crippen LogP contribution is 2.19. The zero-order valence-corrected chi connectivity index (χ0v) is 16.1. The van der Waals surface area contributed by atoms with Gasteiger partial charge in [-0.2, -0.15) is 5.10 Å². The van der Waals surface area contributed by atoms with Crippen LogP contribution in [0.1, 0.15) is 34.8 Å². The van der Waals surface area contributed by atoms with Crippen molar-refractivity contribution in [2.45, 2.75) is 31.8 Å². The average molecular weight is 415 g/mol. The summed E-state index contributed by atoms with van der Waals surface area (Å²) in [5.41, 5.74) is 0.0894. The number of aromatic nitrogens is 5. The van der Waals surface area contributed by atoms with E-state index < -0.39 is 23.6 Å². The van der Waals surface area contributed by atoms with Crippen LogP contribution in [-0.4, -0.2) is 49.9 Å². The third-order valence-electron chi connectivity index (χ3n) is 4.96. The number of hydrogen-bond donors (Lipinski definition) is 2. The van der Waals surface area contributed by atoms with Crippen molar-refractivity contribution in [1.82, 2.24) is 30.3 Å². The second-order valence-corrected chi connectivity index (χ2v) is 6.97. The van der Waals surface area contributed by atoms with Crippen LogP contribution >= 0.6 is 0 Å². The molecular weight excluding hydrogens is 396 g/mol. The van der Waals surface area contributed by atoms with Gasteiger partial charge in [-0.05, 0) is 24.5 Å². The van der Waals surface area contributed by atoms with Crippen LogP contribution < -0.4 is 10.2 Å². The van der Waals surface area contributed by atoms with E-state index in [0.29, 0.717) is 25.2 Å². The molecule has 0 fully saturated rings. The maximum atomic E-state index is 13.8. The number of aromatic amines is 1. The van der Waals surface area contributed by atoms with Gasteiger partial charge < -0.3 is 5.32 Å². The van der Waals surface area contributed by atoms with Crippen molar-refractivity contribution in [1.29, 1.82) is 0 Å². The van der Waals surface area contributed by atoms with Gasteiger partial charge in [0.2, 0.25) is 11.7 Å². The first-order chi connectivity index (χ1) is 14.4. The van der Waals surface area contributed by atoms with Crippen molar-refractivity contribution >= 4 is 17.6 Å². The Morgan fingerprint density at radius 1 is 1.33 bits per heavy atom. The van der Waals surface area contributed by atoms with E-state index in [1.807, 2.05) is 0 Å². The molecule has 0 radical (unpaired) electrons. The summed E-state index contributed by atoms with van der Waals surface area (Å²) in [7, 11) is 1.62. The van der Waals surface area contributed by atoms with Crippen molar-refractivity contribution in [3.05, 3.63) is 59.3 Å². The average Bonchev–Trinajstić information content (AvgIpc) is 3.38. The van der Waals surface area contributed by atoms with Crippen LogP contribution in [0.3, 0.4) is 0 Å². The Balaban J connectivity index is 1.45. The van der Waals surface area contributed by atoms with E-state index in [-0.39, 0.29) is 29.5 Å². The Hall–Kier alpha value is -3.63. The highest BCUT2D eigenvalue weighted by atomic mass is 19.2. The number of H-pyrrole nitrogens is 1. The van der Waals surface area contributed by atoms with E-state index >= 15 is 0 Å². The standard InChI is InChI=1S/C19H19F2N7O2/c1-27-15-7-8-22-28(15)9-3-6-13(19(27)30)23-18(29)17-24-14(25-26-17)10-11-4-2-5-12(20)16(11)21/h2,4-5,7-8,13H,3,6,9-10H2,1H3,(H,23,29)(H,24,25,26). The van der Waals surface area contributed by atoms with Crippen LogP contribution in [0.2, 0.25) is 0 Å². The van der Waals surface area contributed by atoms with E-state index in [2.05, 4.69) is 25.6 Å². The van der Waals surface area contributed by atoms with Crippen LogP contribution in [0.25, 0.3) is 0 Å². The molecule has 2 amide bonds. The molecule has 4 rings (SSSR count). The second kappa shape index (κ2) is 8.01. The minimum absolute atomic E-state index is 0.0566. The number of nitrogens with zero attached hydrogens (tertiary/aromatic N) is 5. The lowest BCUT2D eigenvalue weighted by Gasteiger charge is -2.27. The lowest BCUT2D eigenvalue weighted by Crippen LogP contribution is -2.49. The van der Waals surface area contributed by atoms with Crippen molar-refractivity contribution in [3.8, 4) is 0 Å². The molecule has 0 saturated heterocycles. The zero-order chi connectivity index (χ0) is 21.3. The fourth-order valence-electron chi connectivity index (χ4n) is 3.40. The maximum Gasteiger partial charge on any atom is 0.291 e. The van der Waals surface area contributed by atoms with Gasteiger partial charge in [0.05, 0.1) is 6.20 Å². The molecule has 1 aliphatic heterocycles. The molecule has 1 atom stereocenters. The van der Waals surface area contributed by atoms with Gasteiger partial charge in [0, 0.05) is 26.1 Å². The monoisotopic (exact) mass is 415 g/mol. The number of amides is 2. The number of fused-ring (bicyclic) bond motifs is 1. The number of halogens is 2. The van der Waals surface area contributed by atoms with Gasteiger partial charge in [-0.15, -0.1) is 5.10 Å². The second-order valence-electron chi connectivity index (χ2n) is 6.97. The fourth-order valence-corrected chi connectivity index (χ4v) is 3.40. The molecule has 3 heterocycles. The molecule has 9 nitrogen and oxygen atoms in total. The first-order valence-electron chi connectivity index (χ1n) is 9.38. The van der Waals surface area contributed by atoms with Crippen LogP contribution in [0, 0.1) is 11.6 Å². The zero-order valence-electron chi connectivity index (χ0n) is 16.1. The van der Waals surface area contributed by atoms with Crippen molar-refractivity contribution in [2.24, 2.45) is 0 Å². The normalized spacial score (nSPS) is 16.7. The van der Waals surface area contributed by atoms with Crippen molar-refractivity contribution < 1.29 is 18.4 Å². The van der Waals surface area contributed by atoms with Gasteiger partial charge in [-0.25, -0.2) is 18.4 Å².